The van der Waals surface area contributed by atoms with Gasteiger partial charge in [0.25, 0.3) is 5.91 Å². The fraction of sp³-hybridized carbons (Fsp3) is 0.588. The third-order valence-corrected chi connectivity index (χ3v) is 4.86. The minimum absolute atomic E-state index is 0.0795. The number of aliphatic hydroxyl groups excluding tert-OH is 1. The Bertz CT molecular complexity index is 526. The van der Waals surface area contributed by atoms with E-state index < -0.39 is 0 Å². The molecule has 4 heteroatoms. The second kappa shape index (κ2) is 8.21. The summed E-state index contributed by atoms with van der Waals surface area (Å²) in [5, 5.41) is 8.73. The first-order chi connectivity index (χ1) is 10.3. The molecular formula is C17H23NO2S. The Morgan fingerprint density at radius 2 is 2.29 bits per heavy atom. The average molecular weight is 305 g/mol. The summed E-state index contributed by atoms with van der Waals surface area (Å²) in [7, 11) is 0. The van der Waals surface area contributed by atoms with Crippen molar-refractivity contribution >= 4 is 17.2 Å². The van der Waals surface area contributed by atoms with Crippen LogP contribution in [0.3, 0.4) is 0 Å². The van der Waals surface area contributed by atoms with E-state index in [9.17, 15) is 4.79 Å². The van der Waals surface area contributed by atoms with Gasteiger partial charge in [-0.05, 0) is 31.4 Å². The molecule has 0 spiro atoms. The standard InChI is InChI=1S/C17H23NO2S/c1-2-14-8-4-3-6-12-18(14)17(20)16-11-10-15(21-16)9-5-7-13-19/h10-11,14,19H,2-4,6-8,12-13H2,1H3. The summed E-state index contributed by atoms with van der Waals surface area (Å²) < 4.78 is 0. The molecule has 2 rings (SSSR count). The van der Waals surface area contributed by atoms with Crippen molar-refractivity contribution in [3.63, 3.8) is 0 Å². The molecule has 1 aromatic rings. The normalized spacial score (nSPS) is 18.8. The van der Waals surface area contributed by atoms with Crippen LogP contribution < -0.4 is 0 Å². The first-order valence-corrected chi connectivity index (χ1v) is 8.58. The van der Waals surface area contributed by atoms with Crippen LogP contribution in [0.5, 0.6) is 0 Å². The summed E-state index contributed by atoms with van der Waals surface area (Å²) >= 11 is 1.46. The number of carbonyl (C=O) groups is 1. The highest BCUT2D eigenvalue weighted by Gasteiger charge is 2.25. The van der Waals surface area contributed by atoms with Crippen molar-refractivity contribution in [2.45, 2.75) is 51.5 Å². The van der Waals surface area contributed by atoms with E-state index >= 15 is 0 Å². The fourth-order valence-corrected chi connectivity index (χ4v) is 3.57. The third kappa shape index (κ3) is 4.33. The number of thiophene rings is 1. The van der Waals surface area contributed by atoms with Crippen molar-refractivity contribution < 1.29 is 9.90 Å². The smallest absolute Gasteiger partial charge is 0.264 e. The summed E-state index contributed by atoms with van der Waals surface area (Å²) in [6, 6.07) is 4.17. The van der Waals surface area contributed by atoms with Gasteiger partial charge < -0.3 is 10.0 Å². The van der Waals surface area contributed by atoms with Gasteiger partial charge in [-0.2, -0.15) is 0 Å². The van der Waals surface area contributed by atoms with E-state index in [0.717, 1.165) is 35.6 Å². The minimum atomic E-state index is 0.0795. The first kappa shape index (κ1) is 16.1. The monoisotopic (exact) mass is 305 g/mol. The molecule has 114 valence electrons. The highest BCUT2D eigenvalue weighted by Crippen LogP contribution is 2.24. The van der Waals surface area contributed by atoms with Gasteiger partial charge in [0.1, 0.15) is 0 Å². The third-order valence-electron chi connectivity index (χ3n) is 3.87. The van der Waals surface area contributed by atoms with Gasteiger partial charge in [0.15, 0.2) is 0 Å². The minimum Gasteiger partial charge on any atom is -0.395 e. The second-order valence-corrected chi connectivity index (χ2v) is 6.43. The molecule has 0 radical (unpaired) electrons. The van der Waals surface area contributed by atoms with E-state index in [0.29, 0.717) is 12.5 Å². The van der Waals surface area contributed by atoms with Gasteiger partial charge >= 0.3 is 0 Å². The molecule has 0 saturated carbocycles. The van der Waals surface area contributed by atoms with Gasteiger partial charge in [0.05, 0.1) is 16.4 Å². The zero-order chi connectivity index (χ0) is 15.1. The SMILES string of the molecule is CCC1CCCCCN1C(=O)c1ccc(C#CCCO)s1. The molecule has 1 aliphatic rings. The summed E-state index contributed by atoms with van der Waals surface area (Å²) in [6.07, 6.45) is 6.19. The molecule has 0 bridgehead atoms. The molecule has 1 unspecified atom stereocenters. The Morgan fingerprint density at radius 3 is 3.05 bits per heavy atom. The lowest BCUT2D eigenvalue weighted by Gasteiger charge is -2.28. The van der Waals surface area contributed by atoms with E-state index in [1.54, 1.807) is 0 Å². The second-order valence-electron chi connectivity index (χ2n) is 5.35. The molecule has 1 aromatic heterocycles. The lowest BCUT2D eigenvalue weighted by molar-refractivity contribution is 0.0683. The van der Waals surface area contributed by atoms with Gasteiger partial charge in [-0.15, -0.1) is 11.3 Å². The highest BCUT2D eigenvalue weighted by atomic mass is 32.1. The molecule has 1 fully saturated rings. The van der Waals surface area contributed by atoms with Crippen LogP contribution >= 0.6 is 11.3 Å². The maximum absolute atomic E-state index is 12.7. The van der Waals surface area contributed by atoms with Crippen LogP contribution in [0, 0.1) is 11.8 Å². The lowest BCUT2D eigenvalue weighted by atomic mass is 10.1. The van der Waals surface area contributed by atoms with E-state index in [-0.39, 0.29) is 12.5 Å². The van der Waals surface area contributed by atoms with E-state index in [1.165, 1.54) is 24.2 Å². The fourth-order valence-electron chi connectivity index (χ4n) is 2.74. The Kier molecular flexibility index (Phi) is 6.28. The van der Waals surface area contributed by atoms with Crippen molar-refractivity contribution in [1.82, 2.24) is 4.90 Å². The molecule has 1 aliphatic heterocycles. The van der Waals surface area contributed by atoms with Crippen molar-refractivity contribution in [1.29, 1.82) is 0 Å². The van der Waals surface area contributed by atoms with Crippen molar-refractivity contribution in [3.8, 4) is 11.8 Å². The van der Waals surface area contributed by atoms with Crippen LogP contribution in [0.15, 0.2) is 12.1 Å². The first-order valence-electron chi connectivity index (χ1n) is 7.76. The number of hydrogen-bond donors (Lipinski definition) is 1. The van der Waals surface area contributed by atoms with Crippen LogP contribution in [0.4, 0.5) is 0 Å². The number of likely N-dealkylation sites (tertiary alicyclic amines) is 1. The number of hydrogen-bond acceptors (Lipinski definition) is 3. The Labute approximate surface area is 131 Å². The van der Waals surface area contributed by atoms with Gasteiger partial charge in [-0.25, -0.2) is 0 Å². The summed E-state index contributed by atoms with van der Waals surface area (Å²) in [6.45, 7) is 3.12. The molecular weight excluding hydrogens is 282 g/mol. The molecule has 1 atom stereocenters. The molecule has 1 N–H and O–H groups in total. The number of nitrogens with zero attached hydrogens (tertiary/aromatic N) is 1. The predicted molar refractivity (Wildman–Crippen MR) is 86.5 cm³/mol. The van der Waals surface area contributed by atoms with Gasteiger partial charge in [-0.1, -0.05) is 31.6 Å². The van der Waals surface area contributed by atoms with Gasteiger partial charge in [0, 0.05) is 19.0 Å². The predicted octanol–water partition coefficient (Wildman–Crippen LogP) is 3.28. The van der Waals surface area contributed by atoms with Crippen LogP contribution in [0.2, 0.25) is 0 Å². The number of aliphatic hydroxyl groups is 1. The summed E-state index contributed by atoms with van der Waals surface area (Å²) in [5.41, 5.74) is 0. The van der Waals surface area contributed by atoms with E-state index in [2.05, 4.69) is 23.7 Å². The molecule has 2 heterocycles. The zero-order valence-electron chi connectivity index (χ0n) is 12.6. The Balaban J connectivity index is 2.09. The van der Waals surface area contributed by atoms with Crippen molar-refractivity contribution in [2.24, 2.45) is 0 Å². The maximum Gasteiger partial charge on any atom is 0.264 e. The van der Waals surface area contributed by atoms with Gasteiger partial charge in [0.2, 0.25) is 0 Å². The average Bonchev–Trinajstić information content (AvgIpc) is 2.83. The lowest BCUT2D eigenvalue weighted by Crippen LogP contribution is -2.39. The number of amides is 1. The molecule has 21 heavy (non-hydrogen) atoms. The van der Waals surface area contributed by atoms with Crippen LogP contribution in [0.25, 0.3) is 0 Å². The molecule has 3 nitrogen and oxygen atoms in total. The number of carbonyl (C=O) groups excluding carboxylic acids is 1. The van der Waals surface area contributed by atoms with Crippen LogP contribution in [-0.2, 0) is 0 Å². The van der Waals surface area contributed by atoms with Crippen molar-refractivity contribution in [3.05, 3.63) is 21.9 Å². The summed E-state index contributed by atoms with van der Waals surface area (Å²) in [5.74, 6) is 6.05. The zero-order valence-corrected chi connectivity index (χ0v) is 13.4. The van der Waals surface area contributed by atoms with Crippen molar-refractivity contribution in [2.75, 3.05) is 13.2 Å². The quantitative estimate of drug-likeness (QED) is 0.871. The molecule has 1 amide bonds. The molecule has 0 aliphatic carbocycles. The van der Waals surface area contributed by atoms with Crippen LogP contribution in [0.1, 0.15) is 60.0 Å². The van der Waals surface area contributed by atoms with E-state index in [4.69, 9.17) is 5.11 Å². The number of rotatable bonds is 3. The Hall–Kier alpha value is -1.31. The molecule has 1 saturated heterocycles. The summed E-state index contributed by atoms with van der Waals surface area (Å²) in [4.78, 5) is 16.5. The maximum atomic E-state index is 12.7. The Morgan fingerprint density at radius 1 is 1.43 bits per heavy atom. The molecule has 0 aromatic carbocycles. The van der Waals surface area contributed by atoms with Gasteiger partial charge in [-0.3, -0.25) is 4.79 Å². The van der Waals surface area contributed by atoms with E-state index in [1.807, 2.05) is 12.1 Å². The largest absolute Gasteiger partial charge is 0.395 e. The van der Waals surface area contributed by atoms with Crippen LogP contribution in [-0.4, -0.2) is 35.1 Å². The highest BCUT2D eigenvalue weighted by molar-refractivity contribution is 7.14. The topological polar surface area (TPSA) is 40.5 Å².